The molecule has 52 valence electrons. The molecule has 0 aromatic heterocycles. The zero-order chi connectivity index (χ0) is 6.43. The second-order valence-corrected chi connectivity index (χ2v) is 5.26. The molecule has 2 rings (SSSR count). The van der Waals surface area contributed by atoms with Crippen LogP contribution in [0.4, 0.5) is 0 Å². The first-order valence-electron chi connectivity index (χ1n) is 3.95. The third-order valence-corrected chi connectivity index (χ3v) is 4.59. The molecule has 4 unspecified atom stereocenters. The lowest BCUT2D eigenvalue weighted by Gasteiger charge is -2.20. The summed E-state index contributed by atoms with van der Waals surface area (Å²) in [6.45, 7) is 0. The van der Waals surface area contributed by atoms with Gasteiger partial charge in [0.2, 0.25) is 0 Å². The quantitative estimate of drug-likeness (QED) is 0.469. The first kappa shape index (κ1) is 5.92. The Hall–Kier alpha value is 0.177. The number of hydrogen-bond acceptors (Lipinski definition) is 1. The van der Waals surface area contributed by atoms with Crippen LogP contribution >= 0.6 is 0 Å². The molecule has 0 aromatic rings. The van der Waals surface area contributed by atoms with Gasteiger partial charge in [-0.05, 0) is 31.1 Å². The molecule has 2 heteroatoms. The van der Waals surface area contributed by atoms with Crippen LogP contribution in [-0.2, 0) is 0 Å². The van der Waals surface area contributed by atoms with Crippen LogP contribution in [0.25, 0.3) is 0 Å². The van der Waals surface area contributed by atoms with Crippen LogP contribution in [0.2, 0.25) is 5.54 Å². The Morgan fingerprint density at radius 3 is 2.22 bits per heavy atom. The van der Waals surface area contributed by atoms with Crippen LogP contribution in [0.3, 0.4) is 0 Å². The van der Waals surface area contributed by atoms with Gasteiger partial charge in [-0.15, -0.1) is 0 Å². The van der Waals surface area contributed by atoms with Crippen molar-refractivity contribution in [2.24, 2.45) is 11.8 Å². The first-order chi connectivity index (χ1) is 4.27. The Morgan fingerprint density at radius 1 is 1.11 bits per heavy atom. The molecular formula is C7H14OSi. The van der Waals surface area contributed by atoms with Crippen LogP contribution in [0.1, 0.15) is 19.3 Å². The van der Waals surface area contributed by atoms with Crippen LogP contribution in [0, 0.1) is 11.8 Å². The Labute approximate surface area is 58.9 Å². The summed E-state index contributed by atoms with van der Waals surface area (Å²) in [6.07, 6.45) is 3.90. The monoisotopic (exact) mass is 142 g/mol. The molecule has 2 fully saturated rings. The summed E-state index contributed by atoms with van der Waals surface area (Å²) in [6, 6.07) is 0. The number of aliphatic hydroxyl groups is 1. The van der Waals surface area contributed by atoms with Gasteiger partial charge in [0.25, 0.3) is 0 Å². The zero-order valence-electron chi connectivity index (χ0n) is 5.88. The number of aliphatic hydroxyl groups excluding tert-OH is 1. The maximum Gasteiger partial charge on any atom is 0.0571 e. The van der Waals surface area contributed by atoms with Gasteiger partial charge in [-0.1, -0.05) is 5.54 Å². The van der Waals surface area contributed by atoms with E-state index in [-0.39, 0.29) is 6.10 Å². The third-order valence-electron chi connectivity index (χ3n) is 3.17. The molecule has 0 amide bonds. The third kappa shape index (κ3) is 0.766. The molecule has 2 bridgehead atoms. The van der Waals surface area contributed by atoms with E-state index in [1.54, 1.807) is 0 Å². The Kier molecular flexibility index (Phi) is 1.20. The minimum Gasteiger partial charge on any atom is -0.393 e. The SMILES string of the molecule is OC1CC2CC1CC2[SiH3]. The number of fused-ring (bicyclic) bond motifs is 2. The molecule has 2 aliphatic rings. The van der Waals surface area contributed by atoms with Crippen molar-refractivity contribution in [1.82, 2.24) is 0 Å². The molecule has 0 heterocycles. The van der Waals surface area contributed by atoms with Crippen LogP contribution in [0.15, 0.2) is 0 Å². The fourth-order valence-electron chi connectivity index (χ4n) is 2.53. The van der Waals surface area contributed by atoms with Crippen molar-refractivity contribution in [3.8, 4) is 0 Å². The minimum atomic E-state index is 0.0835. The summed E-state index contributed by atoms with van der Waals surface area (Å²) in [5, 5.41) is 9.35. The van der Waals surface area contributed by atoms with E-state index in [0.717, 1.165) is 17.9 Å². The average Bonchev–Trinajstić information content (AvgIpc) is 2.24. The van der Waals surface area contributed by atoms with Gasteiger partial charge in [0.1, 0.15) is 0 Å². The molecular weight excluding hydrogens is 128 g/mol. The van der Waals surface area contributed by atoms with Crippen LogP contribution < -0.4 is 0 Å². The normalized spacial score (nSPS) is 57.0. The smallest absolute Gasteiger partial charge is 0.0571 e. The van der Waals surface area contributed by atoms with E-state index in [2.05, 4.69) is 0 Å². The molecule has 2 saturated carbocycles. The highest BCUT2D eigenvalue weighted by Crippen LogP contribution is 2.50. The van der Waals surface area contributed by atoms with Crippen molar-refractivity contribution in [3.63, 3.8) is 0 Å². The van der Waals surface area contributed by atoms with E-state index in [1.807, 2.05) is 0 Å². The molecule has 2 aliphatic carbocycles. The Balaban J connectivity index is 2.10. The van der Waals surface area contributed by atoms with Crippen molar-refractivity contribution < 1.29 is 5.11 Å². The van der Waals surface area contributed by atoms with Gasteiger partial charge in [-0.25, -0.2) is 0 Å². The van der Waals surface area contributed by atoms with Crippen molar-refractivity contribution in [2.75, 3.05) is 0 Å². The van der Waals surface area contributed by atoms with E-state index < -0.39 is 0 Å². The predicted molar refractivity (Wildman–Crippen MR) is 40.5 cm³/mol. The average molecular weight is 142 g/mol. The van der Waals surface area contributed by atoms with Gasteiger partial charge in [-0.3, -0.25) is 0 Å². The van der Waals surface area contributed by atoms with E-state index in [1.165, 1.54) is 23.1 Å². The molecule has 0 spiro atoms. The number of hydrogen-bond donors (Lipinski definition) is 1. The van der Waals surface area contributed by atoms with Gasteiger partial charge >= 0.3 is 0 Å². The van der Waals surface area contributed by atoms with E-state index in [4.69, 9.17) is 0 Å². The summed E-state index contributed by atoms with van der Waals surface area (Å²) in [7, 11) is 1.36. The lowest BCUT2D eigenvalue weighted by molar-refractivity contribution is 0.114. The standard InChI is InChI=1S/C7H14OSi/c8-6-2-5-1-4(6)3-7(5)9/h4-8H,1-3H2,9H3. The molecule has 1 nitrogen and oxygen atoms in total. The summed E-state index contributed by atoms with van der Waals surface area (Å²) in [5.74, 6) is 1.63. The van der Waals surface area contributed by atoms with E-state index >= 15 is 0 Å². The molecule has 0 saturated heterocycles. The maximum atomic E-state index is 9.35. The second-order valence-electron chi connectivity index (χ2n) is 3.77. The topological polar surface area (TPSA) is 20.2 Å². The lowest BCUT2D eigenvalue weighted by Crippen LogP contribution is -2.18. The fraction of sp³-hybridized carbons (Fsp3) is 1.00. The lowest BCUT2D eigenvalue weighted by atomic mass is 9.97. The van der Waals surface area contributed by atoms with Gasteiger partial charge in [0.05, 0.1) is 6.10 Å². The van der Waals surface area contributed by atoms with Crippen molar-refractivity contribution in [1.29, 1.82) is 0 Å². The van der Waals surface area contributed by atoms with E-state index in [9.17, 15) is 5.11 Å². The van der Waals surface area contributed by atoms with Gasteiger partial charge in [0.15, 0.2) is 0 Å². The molecule has 0 aliphatic heterocycles. The van der Waals surface area contributed by atoms with Crippen molar-refractivity contribution in [2.45, 2.75) is 30.9 Å². The molecule has 4 atom stereocenters. The highest BCUT2D eigenvalue weighted by molar-refractivity contribution is 6.12. The largest absolute Gasteiger partial charge is 0.393 e. The minimum absolute atomic E-state index is 0.0835. The Morgan fingerprint density at radius 2 is 1.89 bits per heavy atom. The highest BCUT2D eigenvalue weighted by Gasteiger charge is 2.42. The summed E-state index contributed by atoms with van der Waals surface area (Å²) < 4.78 is 0. The summed E-state index contributed by atoms with van der Waals surface area (Å²) >= 11 is 0. The molecule has 0 radical (unpaired) electrons. The second kappa shape index (κ2) is 1.83. The van der Waals surface area contributed by atoms with Gasteiger partial charge in [-0.2, -0.15) is 0 Å². The summed E-state index contributed by atoms with van der Waals surface area (Å²) in [5.41, 5.74) is 1.04. The number of rotatable bonds is 0. The van der Waals surface area contributed by atoms with Crippen molar-refractivity contribution >= 4 is 10.2 Å². The molecule has 9 heavy (non-hydrogen) atoms. The van der Waals surface area contributed by atoms with E-state index in [0.29, 0.717) is 5.92 Å². The Bertz CT molecular complexity index is 108. The highest BCUT2D eigenvalue weighted by atomic mass is 28.1. The predicted octanol–water partition coefficient (Wildman–Crippen LogP) is -0.0689. The summed E-state index contributed by atoms with van der Waals surface area (Å²) in [4.78, 5) is 0. The maximum absolute atomic E-state index is 9.35. The van der Waals surface area contributed by atoms with Crippen LogP contribution in [0.5, 0.6) is 0 Å². The zero-order valence-corrected chi connectivity index (χ0v) is 7.88. The van der Waals surface area contributed by atoms with Gasteiger partial charge in [0, 0.05) is 10.2 Å². The fourth-order valence-corrected chi connectivity index (χ4v) is 3.68. The molecule has 0 aromatic carbocycles. The molecule has 1 N–H and O–H groups in total. The van der Waals surface area contributed by atoms with Gasteiger partial charge < -0.3 is 5.11 Å². The van der Waals surface area contributed by atoms with Crippen molar-refractivity contribution in [3.05, 3.63) is 0 Å². The van der Waals surface area contributed by atoms with Crippen LogP contribution in [-0.4, -0.2) is 21.5 Å². The first-order valence-corrected chi connectivity index (χ1v) is 5.11.